The standard InChI is InChI=1S/C8H16.CH5N/c1-8-6-4-2-3-5-7-8;1-2/h8H,2-7H2,1H3;2H2,1H3. The van der Waals surface area contributed by atoms with E-state index in [4.69, 9.17) is 0 Å². The molecule has 1 saturated carbocycles. The van der Waals surface area contributed by atoms with E-state index in [-0.39, 0.29) is 0 Å². The summed E-state index contributed by atoms with van der Waals surface area (Å²) in [6.07, 6.45) is 8.93. The number of nitrogens with two attached hydrogens (primary N) is 1. The van der Waals surface area contributed by atoms with E-state index in [1.807, 2.05) is 0 Å². The largest absolute Gasteiger partial charge is 0.333 e. The second-order valence-corrected chi connectivity index (χ2v) is 3.10. The Bertz CT molecular complexity index is 53.7. The molecule has 1 aliphatic carbocycles. The Morgan fingerprint density at radius 3 is 1.70 bits per heavy atom. The molecule has 0 atom stereocenters. The van der Waals surface area contributed by atoms with Crippen molar-refractivity contribution < 1.29 is 0 Å². The minimum atomic E-state index is 1.03. The van der Waals surface area contributed by atoms with Crippen molar-refractivity contribution in [2.75, 3.05) is 7.05 Å². The van der Waals surface area contributed by atoms with Crippen LogP contribution in [0.25, 0.3) is 0 Å². The third kappa shape index (κ3) is 4.80. The highest BCUT2D eigenvalue weighted by Crippen LogP contribution is 2.21. The highest BCUT2D eigenvalue weighted by atomic mass is 14.4. The maximum atomic E-state index is 4.50. The van der Waals surface area contributed by atoms with Crippen molar-refractivity contribution in [1.82, 2.24) is 0 Å². The van der Waals surface area contributed by atoms with Crippen molar-refractivity contribution in [3.8, 4) is 0 Å². The van der Waals surface area contributed by atoms with Crippen molar-refractivity contribution in [2.24, 2.45) is 11.7 Å². The molecule has 1 rings (SSSR count). The summed E-state index contributed by atoms with van der Waals surface area (Å²) < 4.78 is 0. The summed E-state index contributed by atoms with van der Waals surface area (Å²) >= 11 is 0. The fraction of sp³-hybridized carbons (Fsp3) is 1.00. The van der Waals surface area contributed by atoms with Crippen LogP contribution in [0.1, 0.15) is 45.4 Å². The van der Waals surface area contributed by atoms with Crippen LogP contribution in [-0.4, -0.2) is 7.05 Å². The minimum absolute atomic E-state index is 1.03. The third-order valence-electron chi connectivity index (χ3n) is 2.14. The van der Waals surface area contributed by atoms with E-state index in [9.17, 15) is 0 Å². The van der Waals surface area contributed by atoms with Gasteiger partial charge in [0.15, 0.2) is 0 Å². The van der Waals surface area contributed by atoms with E-state index in [1.54, 1.807) is 0 Å². The van der Waals surface area contributed by atoms with E-state index in [2.05, 4.69) is 12.7 Å². The Kier molecular flexibility index (Phi) is 7.04. The van der Waals surface area contributed by atoms with Crippen molar-refractivity contribution in [3.63, 3.8) is 0 Å². The molecule has 0 amide bonds. The average Bonchev–Trinajstić information content (AvgIpc) is 2.21. The summed E-state index contributed by atoms with van der Waals surface area (Å²) in [5, 5.41) is 0. The molecule has 1 nitrogen and oxygen atoms in total. The smallest absolute Gasteiger partial charge is 0.0195 e. The van der Waals surface area contributed by atoms with Crippen molar-refractivity contribution in [2.45, 2.75) is 45.4 Å². The molecule has 0 aliphatic heterocycles. The van der Waals surface area contributed by atoms with Crippen LogP contribution in [0.4, 0.5) is 0 Å². The van der Waals surface area contributed by atoms with Crippen molar-refractivity contribution in [1.29, 1.82) is 0 Å². The number of hydrogen-bond acceptors (Lipinski definition) is 1. The fourth-order valence-corrected chi connectivity index (χ4v) is 1.48. The SMILES string of the molecule is CC1CCCCCC1.CN. The van der Waals surface area contributed by atoms with E-state index in [0.29, 0.717) is 0 Å². The first kappa shape index (κ1) is 9.96. The Labute approximate surface area is 65.0 Å². The number of rotatable bonds is 0. The molecular formula is C9H21N. The molecule has 0 spiro atoms. The molecular weight excluding hydrogens is 122 g/mol. The maximum absolute atomic E-state index is 4.50. The van der Waals surface area contributed by atoms with Crippen LogP contribution in [0, 0.1) is 5.92 Å². The second kappa shape index (κ2) is 7.07. The lowest BCUT2D eigenvalue weighted by molar-refractivity contribution is 0.505. The summed E-state index contributed by atoms with van der Waals surface area (Å²) in [5.41, 5.74) is 4.50. The first-order valence-electron chi connectivity index (χ1n) is 4.47. The van der Waals surface area contributed by atoms with Gasteiger partial charge in [0, 0.05) is 0 Å². The van der Waals surface area contributed by atoms with Gasteiger partial charge in [0.25, 0.3) is 0 Å². The van der Waals surface area contributed by atoms with Crippen LogP contribution in [-0.2, 0) is 0 Å². The molecule has 10 heavy (non-hydrogen) atoms. The van der Waals surface area contributed by atoms with Gasteiger partial charge >= 0.3 is 0 Å². The Morgan fingerprint density at radius 2 is 1.30 bits per heavy atom. The lowest BCUT2D eigenvalue weighted by Crippen LogP contribution is -1.88. The topological polar surface area (TPSA) is 26.0 Å². The van der Waals surface area contributed by atoms with Crippen LogP contribution >= 0.6 is 0 Å². The second-order valence-electron chi connectivity index (χ2n) is 3.10. The van der Waals surface area contributed by atoms with Crippen LogP contribution in [0.3, 0.4) is 0 Å². The molecule has 0 aromatic carbocycles. The molecule has 1 fully saturated rings. The van der Waals surface area contributed by atoms with E-state index in [0.717, 1.165) is 5.92 Å². The highest BCUT2D eigenvalue weighted by Gasteiger charge is 2.04. The van der Waals surface area contributed by atoms with Crippen molar-refractivity contribution >= 4 is 0 Å². The van der Waals surface area contributed by atoms with Gasteiger partial charge in [-0.2, -0.15) is 0 Å². The molecule has 1 heteroatoms. The van der Waals surface area contributed by atoms with Gasteiger partial charge in [0.1, 0.15) is 0 Å². The average molecular weight is 143 g/mol. The lowest BCUT2D eigenvalue weighted by Gasteiger charge is -2.02. The Balaban J connectivity index is 0.000000371. The van der Waals surface area contributed by atoms with Gasteiger partial charge in [0.2, 0.25) is 0 Å². The Hall–Kier alpha value is -0.0400. The number of hydrogen-bond donors (Lipinski definition) is 1. The molecule has 0 radical (unpaired) electrons. The molecule has 0 aromatic rings. The first-order valence-corrected chi connectivity index (χ1v) is 4.47. The predicted molar refractivity (Wildman–Crippen MR) is 47.0 cm³/mol. The molecule has 0 heterocycles. The van der Waals surface area contributed by atoms with Crippen LogP contribution in [0.2, 0.25) is 0 Å². The molecule has 0 saturated heterocycles. The zero-order valence-corrected chi connectivity index (χ0v) is 7.40. The fourth-order valence-electron chi connectivity index (χ4n) is 1.48. The van der Waals surface area contributed by atoms with Crippen LogP contribution in [0.15, 0.2) is 0 Å². The van der Waals surface area contributed by atoms with Gasteiger partial charge in [-0.25, -0.2) is 0 Å². The van der Waals surface area contributed by atoms with Gasteiger partial charge in [-0.15, -0.1) is 0 Å². The molecule has 62 valence electrons. The quantitative estimate of drug-likeness (QED) is 0.518. The lowest BCUT2D eigenvalue weighted by atomic mass is 10.0. The van der Waals surface area contributed by atoms with Gasteiger partial charge in [-0.1, -0.05) is 45.4 Å². The van der Waals surface area contributed by atoms with Gasteiger partial charge in [-0.05, 0) is 13.0 Å². The summed E-state index contributed by atoms with van der Waals surface area (Å²) in [7, 11) is 1.50. The Morgan fingerprint density at radius 1 is 0.900 bits per heavy atom. The minimum Gasteiger partial charge on any atom is -0.333 e. The molecule has 0 unspecified atom stereocenters. The monoisotopic (exact) mass is 143 g/mol. The normalized spacial score (nSPS) is 20.7. The van der Waals surface area contributed by atoms with E-state index < -0.39 is 0 Å². The highest BCUT2D eigenvalue weighted by molar-refractivity contribution is 4.58. The third-order valence-corrected chi connectivity index (χ3v) is 2.14. The first-order chi connectivity index (χ1) is 4.89. The van der Waals surface area contributed by atoms with Gasteiger partial charge in [-0.3, -0.25) is 0 Å². The van der Waals surface area contributed by atoms with Gasteiger partial charge in [0.05, 0.1) is 0 Å². The van der Waals surface area contributed by atoms with Crippen LogP contribution < -0.4 is 5.73 Å². The summed E-state index contributed by atoms with van der Waals surface area (Å²) in [4.78, 5) is 0. The summed E-state index contributed by atoms with van der Waals surface area (Å²) in [6, 6.07) is 0. The van der Waals surface area contributed by atoms with Gasteiger partial charge < -0.3 is 5.73 Å². The van der Waals surface area contributed by atoms with Crippen LogP contribution in [0.5, 0.6) is 0 Å². The molecule has 1 aliphatic rings. The van der Waals surface area contributed by atoms with E-state index in [1.165, 1.54) is 45.6 Å². The maximum Gasteiger partial charge on any atom is -0.0195 e. The summed E-state index contributed by atoms with van der Waals surface area (Å²) in [6.45, 7) is 2.38. The molecule has 0 aromatic heterocycles. The molecule has 0 bridgehead atoms. The predicted octanol–water partition coefficient (Wildman–Crippen LogP) is 2.55. The zero-order chi connectivity index (χ0) is 7.82. The van der Waals surface area contributed by atoms with E-state index >= 15 is 0 Å². The molecule has 2 N–H and O–H groups in total. The summed E-state index contributed by atoms with van der Waals surface area (Å²) in [5.74, 6) is 1.03. The zero-order valence-electron chi connectivity index (χ0n) is 7.40. The van der Waals surface area contributed by atoms with Crippen molar-refractivity contribution in [3.05, 3.63) is 0 Å².